The van der Waals surface area contributed by atoms with E-state index in [-0.39, 0.29) is 0 Å². The second-order valence-corrected chi connectivity index (χ2v) is 7.37. The zero-order chi connectivity index (χ0) is 19.2. The maximum absolute atomic E-state index is 11.6. The Hall–Kier alpha value is -1.20. The van der Waals surface area contributed by atoms with Crippen LogP contribution in [0.25, 0.3) is 10.9 Å². The van der Waals surface area contributed by atoms with Crippen LogP contribution >= 0.6 is 27.5 Å². The van der Waals surface area contributed by atoms with Crippen molar-refractivity contribution in [1.82, 2.24) is 9.88 Å². The van der Waals surface area contributed by atoms with Crippen LogP contribution in [0.1, 0.15) is 6.92 Å². The SMILES string of the molecule is CC(=O)N[C@H]1[C@H](O)O[C@H](CO)[C@@H](O)[C@@]1(O)n1ccc2c(Cl)c(Br)ccc21. The van der Waals surface area contributed by atoms with Crippen molar-refractivity contribution in [1.29, 1.82) is 0 Å². The molecule has 0 saturated carbocycles. The largest absolute Gasteiger partial charge is 0.394 e. The van der Waals surface area contributed by atoms with Gasteiger partial charge >= 0.3 is 0 Å². The Bertz CT molecular complexity index is 845. The molecule has 142 valence electrons. The number of hydrogen-bond donors (Lipinski definition) is 5. The minimum atomic E-state index is -2.20. The molecular weight excluding hydrogens is 432 g/mol. The molecule has 0 radical (unpaired) electrons. The van der Waals surface area contributed by atoms with E-state index < -0.39 is 42.8 Å². The predicted octanol–water partition coefficient (Wildman–Crippen LogP) is 0.277. The lowest BCUT2D eigenvalue weighted by Gasteiger charge is -2.49. The molecule has 1 saturated heterocycles. The molecule has 10 heteroatoms. The number of ether oxygens (including phenoxy) is 1. The Labute approximate surface area is 162 Å². The van der Waals surface area contributed by atoms with Crippen LogP contribution in [0.2, 0.25) is 5.02 Å². The number of benzene rings is 1. The molecule has 1 fully saturated rings. The van der Waals surface area contributed by atoms with Gasteiger partial charge in [0.2, 0.25) is 5.91 Å². The van der Waals surface area contributed by atoms with Crippen LogP contribution in [0.3, 0.4) is 0 Å². The maximum Gasteiger partial charge on any atom is 0.217 e. The van der Waals surface area contributed by atoms with Gasteiger partial charge in [0.05, 0.1) is 17.1 Å². The lowest BCUT2D eigenvalue weighted by atomic mass is 9.89. The van der Waals surface area contributed by atoms with Crippen LogP contribution in [0.15, 0.2) is 28.9 Å². The minimum Gasteiger partial charge on any atom is -0.394 e. The molecule has 1 aromatic carbocycles. The molecule has 0 aliphatic carbocycles. The highest BCUT2D eigenvalue weighted by Gasteiger charge is 2.57. The number of carbonyl (C=O) groups is 1. The van der Waals surface area contributed by atoms with Gasteiger partial charge in [0.25, 0.3) is 0 Å². The topological polar surface area (TPSA) is 124 Å². The van der Waals surface area contributed by atoms with Gasteiger partial charge in [0.1, 0.15) is 18.2 Å². The lowest BCUT2D eigenvalue weighted by Crippen LogP contribution is -2.71. The zero-order valence-corrected chi connectivity index (χ0v) is 16.0. The number of nitrogens with zero attached hydrogens (tertiary/aromatic N) is 1. The van der Waals surface area contributed by atoms with Crippen molar-refractivity contribution in [3.05, 3.63) is 33.9 Å². The third-order valence-electron chi connectivity index (χ3n) is 4.53. The average molecular weight is 450 g/mol. The monoisotopic (exact) mass is 448 g/mol. The van der Waals surface area contributed by atoms with E-state index in [1.165, 1.54) is 17.7 Å². The summed E-state index contributed by atoms with van der Waals surface area (Å²) < 4.78 is 7.10. The molecule has 1 aliphatic heterocycles. The van der Waals surface area contributed by atoms with Crippen LogP contribution in [-0.2, 0) is 15.3 Å². The normalized spacial score (nSPS) is 32.0. The fraction of sp³-hybridized carbons (Fsp3) is 0.438. The number of fused-ring (bicyclic) bond motifs is 1. The molecular formula is C16H18BrClN2O6. The van der Waals surface area contributed by atoms with E-state index >= 15 is 0 Å². The Morgan fingerprint density at radius 3 is 2.73 bits per heavy atom. The highest BCUT2D eigenvalue weighted by Crippen LogP contribution is 2.39. The van der Waals surface area contributed by atoms with Crippen molar-refractivity contribution in [3.8, 4) is 0 Å². The summed E-state index contributed by atoms with van der Waals surface area (Å²) in [5.74, 6) is -0.539. The summed E-state index contributed by atoms with van der Waals surface area (Å²) in [5, 5.41) is 45.2. The minimum absolute atomic E-state index is 0.404. The number of aliphatic hydroxyl groups is 4. The van der Waals surface area contributed by atoms with Gasteiger partial charge in [0.15, 0.2) is 12.0 Å². The maximum atomic E-state index is 11.6. The van der Waals surface area contributed by atoms with Crippen molar-refractivity contribution in [2.75, 3.05) is 6.61 Å². The van der Waals surface area contributed by atoms with E-state index in [0.717, 1.165) is 0 Å². The molecule has 0 unspecified atom stereocenters. The van der Waals surface area contributed by atoms with Crippen molar-refractivity contribution in [2.24, 2.45) is 0 Å². The summed E-state index contributed by atoms with van der Waals surface area (Å²) in [4.78, 5) is 11.6. The molecule has 0 spiro atoms. The molecule has 26 heavy (non-hydrogen) atoms. The van der Waals surface area contributed by atoms with Gasteiger partial charge in [-0.25, -0.2) is 0 Å². The summed E-state index contributed by atoms with van der Waals surface area (Å²) in [6.07, 6.45) is -3.09. The van der Waals surface area contributed by atoms with E-state index in [1.807, 2.05) is 0 Å². The Morgan fingerprint density at radius 2 is 2.12 bits per heavy atom. The van der Waals surface area contributed by atoms with Gasteiger partial charge in [0, 0.05) is 23.0 Å². The van der Waals surface area contributed by atoms with Gasteiger partial charge in [-0.05, 0) is 34.1 Å². The average Bonchev–Trinajstić information content (AvgIpc) is 3.03. The first-order valence-electron chi connectivity index (χ1n) is 7.79. The quantitative estimate of drug-likeness (QED) is 0.458. The number of nitrogens with one attached hydrogen (secondary N) is 1. The van der Waals surface area contributed by atoms with Crippen molar-refractivity contribution >= 4 is 44.3 Å². The number of carbonyl (C=O) groups excluding carboxylic acids is 1. The Balaban J connectivity index is 2.22. The fourth-order valence-corrected chi connectivity index (χ4v) is 3.87. The van der Waals surface area contributed by atoms with E-state index in [4.69, 9.17) is 16.3 Å². The van der Waals surface area contributed by atoms with Crippen LogP contribution in [-0.4, -0.2) is 62.0 Å². The van der Waals surface area contributed by atoms with E-state index in [1.54, 1.807) is 18.2 Å². The second-order valence-electron chi connectivity index (χ2n) is 6.13. The second kappa shape index (κ2) is 7.08. The first kappa shape index (κ1) is 19.6. The molecule has 2 aromatic rings. The first-order valence-corrected chi connectivity index (χ1v) is 8.96. The van der Waals surface area contributed by atoms with Gasteiger partial charge in [-0.2, -0.15) is 0 Å². The third kappa shape index (κ3) is 2.93. The fourth-order valence-electron chi connectivity index (χ4n) is 3.30. The van der Waals surface area contributed by atoms with Crippen LogP contribution in [0, 0.1) is 0 Å². The third-order valence-corrected chi connectivity index (χ3v) is 5.82. The van der Waals surface area contributed by atoms with Crippen molar-refractivity contribution < 1.29 is 30.0 Å². The van der Waals surface area contributed by atoms with Gasteiger partial charge in [-0.1, -0.05) is 11.6 Å². The van der Waals surface area contributed by atoms with Gasteiger partial charge < -0.3 is 35.0 Å². The number of amides is 1. The summed E-state index contributed by atoms with van der Waals surface area (Å²) in [6.45, 7) is 0.568. The predicted molar refractivity (Wildman–Crippen MR) is 96.4 cm³/mol. The first-order chi connectivity index (χ1) is 12.2. The Kier molecular flexibility index (Phi) is 5.33. The summed E-state index contributed by atoms with van der Waals surface area (Å²) in [5.41, 5.74) is -1.74. The number of aliphatic hydroxyl groups excluding tert-OH is 3. The number of halogens is 2. The molecule has 5 atom stereocenters. The molecule has 5 N–H and O–H groups in total. The van der Waals surface area contributed by atoms with Crippen molar-refractivity contribution in [3.63, 3.8) is 0 Å². The summed E-state index contributed by atoms with van der Waals surface area (Å²) in [6, 6.07) is 3.57. The molecule has 8 nitrogen and oxygen atoms in total. The van der Waals surface area contributed by atoms with Crippen molar-refractivity contribution in [2.45, 2.75) is 37.2 Å². The van der Waals surface area contributed by atoms with Gasteiger partial charge in [-0.3, -0.25) is 4.79 Å². The molecule has 1 aliphatic rings. The molecule has 1 aromatic heterocycles. The highest BCUT2D eigenvalue weighted by molar-refractivity contribution is 9.10. The van der Waals surface area contributed by atoms with E-state index in [0.29, 0.717) is 20.4 Å². The Morgan fingerprint density at radius 1 is 1.42 bits per heavy atom. The summed E-state index contributed by atoms with van der Waals surface area (Å²) in [7, 11) is 0. The molecule has 2 heterocycles. The van der Waals surface area contributed by atoms with Crippen LogP contribution in [0.5, 0.6) is 0 Å². The zero-order valence-electron chi connectivity index (χ0n) is 13.6. The number of hydrogen-bond acceptors (Lipinski definition) is 6. The summed E-state index contributed by atoms with van der Waals surface area (Å²) >= 11 is 9.60. The molecule has 3 rings (SSSR count). The van der Waals surface area contributed by atoms with E-state index in [2.05, 4.69) is 21.2 Å². The lowest BCUT2D eigenvalue weighted by molar-refractivity contribution is -0.312. The number of aromatic nitrogens is 1. The standard InChI is InChI=1S/C16H18BrClN2O6/c1-7(22)19-13-15(24)26-11(6-21)14(23)16(13,25)20-5-4-8-10(20)3-2-9(17)12(8)18/h2-5,11,13-15,21,23-25H,6H2,1H3,(H,19,22)/t11-,13+,14-,15-,16-/m1/s1. The van der Waals surface area contributed by atoms with Crippen LogP contribution in [0.4, 0.5) is 0 Å². The van der Waals surface area contributed by atoms with Gasteiger partial charge in [-0.15, -0.1) is 0 Å². The molecule has 1 amide bonds. The van der Waals surface area contributed by atoms with Crippen LogP contribution < -0.4 is 5.32 Å². The smallest absolute Gasteiger partial charge is 0.217 e. The number of rotatable bonds is 3. The molecule has 0 bridgehead atoms. The van der Waals surface area contributed by atoms with E-state index in [9.17, 15) is 25.2 Å². The highest BCUT2D eigenvalue weighted by atomic mass is 79.9.